The molecule has 2 rings (SSSR count). The molecule has 0 atom stereocenters. The number of nitrogens with two attached hydrogens (primary N) is 1. The molecule has 0 aliphatic rings. The van der Waals surface area contributed by atoms with Crippen molar-refractivity contribution in [1.29, 1.82) is 0 Å². The minimum Gasteiger partial charge on any atom is -0.367 e. The lowest BCUT2D eigenvalue weighted by Crippen LogP contribution is -2.01. The summed E-state index contributed by atoms with van der Waals surface area (Å²) >= 11 is 3.12. The molecule has 15 heavy (non-hydrogen) atoms. The lowest BCUT2D eigenvalue weighted by molar-refractivity contribution is 0.617. The normalized spacial score (nSPS) is 10.5. The first-order valence-corrected chi connectivity index (χ1v) is 5.03. The maximum atomic E-state index is 12.9. The van der Waals surface area contributed by atoms with Crippen molar-refractivity contribution in [1.82, 2.24) is 14.8 Å². The van der Waals surface area contributed by atoms with E-state index >= 15 is 0 Å². The van der Waals surface area contributed by atoms with Gasteiger partial charge in [-0.2, -0.15) is 0 Å². The van der Waals surface area contributed by atoms with Crippen molar-refractivity contribution >= 4 is 21.9 Å². The number of anilines is 1. The number of hydrogen-bond acceptors (Lipinski definition) is 3. The van der Waals surface area contributed by atoms with Crippen molar-refractivity contribution in [2.45, 2.75) is 6.54 Å². The van der Waals surface area contributed by atoms with Gasteiger partial charge in [-0.15, -0.1) is 5.10 Å². The highest BCUT2D eigenvalue weighted by Gasteiger charge is 2.02. The van der Waals surface area contributed by atoms with Crippen LogP contribution in [0.15, 0.2) is 29.0 Å². The van der Waals surface area contributed by atoms with Gasteiger partial charge in [-0.25, -0.2) is 14.1 Å². The van der Waals surface area contributed by atoms with Crippen molar-refractivity contribution < 1.29 is 4.39 Å². The summed E-state index contributed by atoms with van der Waals surface area (Å²) in [5.41, 5.74) is 6.30. The van der Waals surface area contributed by atoms with Gasteiger partial charge in [0, 0.05) is 0 Å². The molecule has 0 amide bonds. The summed E-state index contributed by atoms with van der Waals surface area (Å²) in [5, 5.41) is 3.93. The lowest BCUT2D eigenvalue weighted by Gasteiger charge is -2.02. The molecular formula is C9H8BrFN4. The van der Waals surface area contributed by atoms with Crippen LogP contribution in [0.2, 0.25) is 0 Å². The molecule has 0 radical (unpaired) electrons. The fourth-order valence-corrected chi connectivity index (χ4v) is 1.64. The summed E-state index contributed by atoms with van der Waals surface area (Å²) in [6, 6.07) is 4.80. The highest BCUT2D eigenvalue weighted by molar-refractivity contribution is 9.10. The summed E-state index contributed by atoms with van der Waals surface area (Å²) in [7, 11) is 0. The topological polar surface area (TPSA) is 56.7 Å². The molecule has 0 aliphatic carbocycles. The minimum absolute atomic E-state index is 0.233. The van der Waals surface area contributed by atoms with Crippen molar-refractivity contribution in [2.75, 3.05) is 5.73 Å². The molecular weight excluding hydrogens is 263 g/mol. The lowest BCUT2D eigenvalue weighted by atomic mass is 10.2. The van der Waals surface area contributed by atoms with Gasteiger partial charge < -0.3 is 5.73 Å². The third kappa shape index (κ3) is 2.33. The van der Waals surface area contributed by atoms with E-state index in [-0.39, 0.29) is 11.8 Å². The van der Waals surface area contributed by atoms with E-state index in [1.807, 2.05) is 0 Å². The molecule has 1 heterocycles. The predicted octanol–water partition coefficient (Wildman–Crippen LogP) is 1.81. The van der Waals surface area contributed by atoms with E-state index in [1.54, 1.807) is 16.8 Å². The summed E-state index contributed by atoms with van der Waals surface area (Å²) in [6.45, 7) is 0.517. The standard InChI is InChI=1S/C9H8BrFN4/c10-7-3-6(1-2-8(7)11)4-15-5-13-9(12)14-15/h1-3,5H,4H2,(H2,12,14). The largest absolute Gasteiger partial charge is 0.367 e. The molecule has 1 aromatic carbocycles. The van der Waals surface area contributed by atoms with E-state index < -0.39 is 0 Å². The number of halogens is 2. The molecule has 6 heteroatoms. The van der Waals surface area contributed by atoms with E-state index in [0.29, 0.717) is 11.0 Å². The smallest absolute Gasteiger partial charge is 0.239 e. The van der Waals surface area contributed by atoms with Crippen LogP contribution in [0, 0.1) is 5.82 Å². The summed E-state index contributed by atoms with van der Waals surface area (Å²) in [4.78, 5) is 3.80. The maximum absolute atomic E-state index is 12.9. The molecule has 0 saturated heterocycles. The summed E-state index contributed by atoms with van der Waals surface area (Å²) < 4.78 is 15.0. The van der Waals surface area contributed by atoms with Gasteiger partial charge in [0.25, 0.3) is 0 Å². The van der Waals surface area contributed by atoms with Crippen LogP contribution >= 0.6 is 15.9 Å². The zero-order valence-electron chi connectivity index (χ0n) is 7.69. The Kier molecular flexibility index (Phi) is 2.68. The van der Waals surface area contributed by atoms with E-state index in [0.717, 1.165) is 5.56 Å². The molecule has 2 aromatic rings. The van der Waals surface area contributed by atoms with Gasteiger partial charge in [0.2, 0.25) is 5.95 Å². The van der Waals surface area contributed by atoms with Gasteiger partial charge in [-0.05, 0) is 33.6 Å². The Balaban J connectivity index is 2.21. The van der Waals surface area contributed by atoms with Crippen LogP contribution in [-0.4, -0.2) is 14.8 Å². The molecule has 0 unspecified atom stereocenters. The van der Waals surface area contributed by atoms with Crippen molar-refractivity contribution in [3.05, 3.63) is 40.4 Å². The Bertz CT molecular complexity index is 483. The van der Waals surface area contributed by atoms with E-state index in [9.17, 15) is 4.39 Å². The third-order valence-electron chi connectivity index (χ3n) is 1.88. The van der Waals surface area contributed by atoms with Crippen molar-refractivity contribution in [3.8, 4) is 0 Å². The van der Waals surface area contributed by atoms with Gasteiger partial charge in [0.1, 0.15) is 12.1 Å². The number of nitrogens with zero attached hydrogens (tertiary/aromatic N) is 3. The van der Waals surface area contributed by atoms with E-state index in [4.69, 9.17) is 5.73 Å². The SMILES string of the molecule is Nc1ncn(Cc2ccc(F)c(Br)c2)n1. The minimum atomic E-state index is -0.281. The monoisotopic (exact) mass is 270 g/mol. The van der Waals surface area contributed by atoms with Gasteiger partial charge in [-0.1, -0.05) is 6.07 Å². The van der Waals surface area contributed by atoms with Gasteiger partial charge in [0.15, 0.2) is 0 Å². The van der Waals surface area contributed by atoms with E-state index in [1.165, 1.54) is 12.4 Å². The van der Waals surface area contributed by atoms with Crippen LogP contribution < -0.4 is 5.73 Å². The molecule has 0 spiro atoms. The second kappa shape index (κ2) is 3.98. The van der Waals surface area contributed by atoms with Gasteiger partial charge in [-0.3, -0.25) is 0 Å². The van der Waals surface area contributed by atoms with Gasteiger partial charge in [0.05, 0.1) is 11.0 Å². The highest BCUT2D eigenvalue weighted by atomic mass is 79.9. The second-order valence-electron chi connectivity index (χ2n) is 3.05. The Hall–Kier alpha value is -1.43. The number of nitrogen functional groups attached to an aromatic ring is 1. The first-order chi connectivity index (χ1) is 7.15. The van der Waals surface area contributed by atoms with Crippen LogP contribution in [0.4, 0.5) is 10.3 Å². The molecule has 0 aliphatic heterocycles. The molecule has 0 fully saturated rings. The number of aromatic nitrogens is 3. The average Bonchev–Trinajstić information content (AvgIpc) is 2.58. The molecule has 2 N–H and O–H groups in total. The fourth-order valence-electron chi connectivity index (χ4n) is 1.21. The Morgan fingerprint density at radius 2 is 2.27 bits per heavy atom. The molecule has 78 valence electrons. The van der Waals surface area contributed by atoms with Gasteiger partial charge >= 0.3 is 0 Å². The van der Waals surface area contributed by atoms with Crippen LogP contribution in [-0.2, 0) is 6.54 Å². The van der Waals surface area contributed by atoms with Crippen LogP contribution in [0.25, 0.3) is 0 Å². The number of rotatable bonds is 2. The quantitative estimate of drug-likeness (QED) is 0.906. The average molecular weight is 271 g/mol. The van der Waals surface area contributed by atoms with Crippen LogP contribution in [0.3, 0.4) is 0 Å². The maximum Gasteiger partial charge on any atom is 0.239 e. The first kappa shape index (κ1) is 10.1. The molecule has 0 bridgehead atoms. The molecule has 1 aromatic heterocycles. The Labute approximate surface area is 94.1 Å². The Morgan fingerprint density at radius 3 is 2.87 bits per heavy atom. The predicted molar refractivity (Wildman–Crippen MR) is 57.6 cm³/mol. The highest BCUT2D eigenvalue weighted by Crippen LogP contribution is 2.17. The number of hydrogen-bond donors (Lipinski definition) is 1. The molecule has 0 saturated carbocycles. The zero-order chi connectivity index (χ0) is 10.8. The van der Waals surface area contributed by atoms with Crippen molar-refractivity contribution in [2.24, 2.45) is 0 Å². The van der Waals surface area contributed by atoms with Crippen LogP contribution in [0.1, 0.15) is 5.56 Å². The fraction of sp³-hybridized carbons (Fsp3) is 0.111. The van der Waals surface area contributed by atoms with Crippen LogP contribution in [0.5, 0.6) is 0 Å². The zero-order valence-corrected chi connectivity index (χ0v) is 9.28. The van der Waals surface area contributed by atoms with Crippen molar-refractivity contribution in [3.63, 3.8) is 0 Å². The summed E-state index contributed by atoms with van der Waals surface area (Å²) in [5.74, 6) is -0.0481. The molecule has 4 nitrogen and oxygen atoms in total. The van der Waals surface area contributed by atoms with E-state index in [2.05, 4.69) is 26.0 Å². The first-order valence-electron chi connectivity index (χ1n) is 4.24. The summed E-state index contributed by atoms with van der Waals surface area (Å²) in [6.07, 6.45) is 1.53. The third-order valence-corrected chi connectivity index (χ3v) is 2.49. The Morgan fingerprint density at radius 1 is 1.47 bits per heavy atom. The second-order valence-corrected chi connectivity index (χ2v) is 3.90. The number of benzene rings is 1.